The summed E-state index contributed by atoms with van der Waals surface area (Å²) in [7, 11) is 0. The molecule has 0 aliphatic heterocycles. The number of unbranched alkanes of at least 4 members (excludes halogenated alkanes) is 1. The molecule has 2 N–H and O–H groups in total. The molecule has 0 spiro atoms. The van der Waals surface area contributed by atoms with Gasteiger partial charge in [0.15, 0.2) is 0 Å². The van der Waals surface area contributed by atoms with Gasteiger partial charge in [-0.15, -0.1) is 0 Å². The first-order valence-corrected chi connectivity index (χ1v) is 6.12. The summed E-state index contributed by atoms with van der Waals surface area (Å²) in [4.78, 5) is 0. The Kier molecular flexibility index (Phi) is 9.42. The lowest BCUT2D eigenvalue weighted by Gasteiger charge is -2.13. The van der Waals surface area contributed by atoms with Crippen LogP contribution < -0.4 is 5.32 Å². The highest BCUT2D eigenvalue weighted by molar-refractivity contribution is 4.61. The van der Waals surface area contributed by atoms with Crippen molar-refractivity contribution in [3.63, 3.8) is 0 Å². The highest BCUT2D eigenvalue weighted by atomic mass is 16.3. The third-order valence-electron chi connectivity index (χ3n) is 2.67. The van der Waals surface area contributed by atoms with Gasteiger partial charge in [-0.1, -0.05) is 26.7 Å². The number of hydrogen-bond donors (Lipinski definition) is 2. The molecule has 14 heavy (non-hydrogen) atoms. The number of hydrogen-bond acceptors (Lipinski definition) is 2. The summed E-state index contributed by atoms with van der Waals surface area (Å²) in [5, 5.41) is 12.8. The standard InChI is InChI=1S/C12H27NO/c1-4-6-8-11(3)13-10-7-9-12(14)5-2/h11-14H,4-10H2,1-3H3. The first kappa shape index (κ1) is 13.9. The molecular weight excluding hydrogens is 174 g/mol. The third kappa shape index (κ3) is 8.52. The normalized spacial score (nSPS) is 15.4. The van der Waals surface area contributed by atoms with Gasteiger partial charge in [-0.25, -0.2) is 0 Å². The third-order valence-corrected chi connectivity index (χ3v) is 2.67. The van der Waals surface area contributed by atoms with E-state index in [1.807, 2.05) is 6.92 Å². The van der Waals surface area contributed by atoms with Crippen molar-refractivity contribution in [3.05, 3.63) is 0 Å². The molecule has 0 aromatic heterocycles. The molecule has 0 aromatic rings. The minimum atomic E-state index is -0.0947. The van der Waals surface area contributed by atoms with Crippen LogP contribution in [0.1, 0.15) is 59.3 Å². The topological polar surface area (TPSA) is 32.3 Å². The molecule has 2 nitrogen and oxygen atoms in total. The zero-order chi connectivity index (χ0) is 10.8. The van der Waals surface area contributed by atoms with E-state index in [2.05, 4.69) is 19.2 Å². The second kappa shape index (κ2) is 9.47. The van der Waals surface area contributed by atoms with Gasteiger partial charge >= 0.3 is 0 Å². The van der Waals surface area contributed by atoms with E-state index in [1.165, 1.54) is 19.3 Å². The van der Waals surface area contributed by atoms with Gasteiger partial charge in [0.05, 0.1) is 6.10 Å². The van der Waals surface area contributed by atoms with Crippen LogP contribution in [0, 0.1) is 0 Å². The largest absolute Gasteiger partial charge is 0.393 e. The number of nitrogens with one attached hydrogen (secondary N) is 1. The van der Waals surface area contributed by atoms with Crippen molar-refractivity contribution in [2.45, 2.75) is 71.4 Å². The fraction of sp³-hybridized carbons (Fsp3) is 1.00. The van der Waals surface area contributed by atoms with Gasteiger partial charge in [0.25, 0.3) is 0 Å². The quantitative estimate of drug-likeness (QED) is 0.562. The molecule has 0 saturated heterocycles. The molecule has 0 heterocycles. The Labute approximate surface area is 89.1 Å². The Hall–Kier alpha value is -0.0800. The van der Waals surface area contributed by atoms with Crippen LogP contribution in [-0.2, 0) is 0 Å². The van der Waals surface area contributed by atoms with E-state index < -0.39 is 0 Å². The van der Waals surface area contributed by atoms with Gasteiger partial charge < -0.3 is 10.4 Å². The minimum Gasteiger partial charge on any atom is -0.393 e. The maximum absolute atomic E-state index is 9.34. The van der Waals surface area contributed by atoms with Crippen molar-refractivity contribution in [1.29, 1.82) is 0 Å². The average molecular weight is 201 g/mol. The van der Waals surface area contributed by atoms with Crippen LogP contribution >= 0.6 is 0 Å². The van der Waals surface area contributed by atoms with Crippen LogP contribution in [0.4, 0.5) is 0 Å². The van der Waals surface area contributed by atoms with Crippen molar-refractivity contribution in [3.8, 4) is 0 Å². The molecule has 0 amide bonds. The zero-order valence-electron chi connectivity index (χ0n) is 10.1. The van der Waals surface area contributed by atoms with Gasteiger partial charge in [-0.2, -0.15) is 0 Å². The SMILES string of the molecule is CCCCC(C)NCCCC(O)CC. The predicted molar refractivity (Wildman–Crippen MR) is 62.5 cm³/mol. The van der Waals surface area contributed by atoms with E-state index in [1.54, 1.807) is 0 Å². The summed E-state index contributed by atoms with van der Waals surface area (Å²) in [5.74, 6) is 0. The Balaban J connectivity index is 3.18. The van der Waals surface area contributed by atoms with Crippen molar-refractivity contribution >= 4 is 0 Å². The van der Waals surface area contributed by atoms with Crippen LogP contribution in [0.3, 0.4) is 0 Å². The van der Waals surface area contributed by atoms with E-state index >= 15 is 0 Å². The Morgan fingerprint density at radius 1 is 1.14 bits per heavy atom. The van der Waals surface area contributed by atoms with Crippen LogP contribution in [0.15, 0.2) is 0 Å². The first-order valence-electron chi connectivity index (χ1n) is 6.12. The fourth-order valence-corrected chi connectivity index (χ4v) is 1.50. The van der Waals surface area contributed by atoms with E-state index in [0.717, 1.165) is 25.8 Å². The van der Waals surface area contributed by atoms with E-state index in [9.17, 15) is 5.11 Å². The van der Waals surface area contributed by atoms with Crippen molar-refractivity contribution in [2.24, 2.45) is 0 Å². The maximum atomic E-state index is 9.34. The fourth-order valence-electron chi connectivity index (χ4n) is 1.50. The van der Waals surface area contributed by atoms with E-state index in [-0.39, 0.29) is 6.10 Å². The lowest BCUT2D eigenvalue weighted by Crippen LogP contribution is -2.27. The molecule has 2 heteroatoms. The summed E-state index contributed by atoms with van der Waals surface area (Å²) >= 11 is 0. The molecule has 0 bridgehead atoms. The van der Waals surface area contributed by atoms with Crippen molar-refractivity contribution in [2.75, 3.05) is 6.54 Å². The molecule has 0 aliphatic rings. The van der Waals surface area contributed by atoms with Crippen LogP contribution in [-0.4, -0.2) is 23.8 Å². The second-order valence-corrected chi connectivity index (χ2v) is 4.20. The first-order chi connectivity index (χ1) is 6.70. The lowest BCUT2D eigenvalue weighted by molar-refractivity contribution is 0.157. The van der Waals surface area contributed by atoms with Gasteiger partial charge in [0.2, 0.25) is 0 Å². The van der Waals surface area contributed by atoms with Crippen molar-refractivity contribution < 1.29 is 5.11 Å². The summed E-state index contributed by atoms with van der Waals surface area (Å²) in [5.41, 5.74) is 0. The number of aliphatic hydroxyl groups is 1. The highest BCUT2D eigenvalue weighted by Gasteiger charge is 2.02. The van der Waals surface area contributed by atoms with Gasteiger partial charge in [-0.3, -0.25) is 0 Å². The molecule has 0 rings (SSSR count). The molecule has 0 aliphatic carbocycles. The van der Waals surface area contributed by atoms with Gasteiger partial charge in [-0.05, 0) is 39.2 Å². The van der Waals surface area contributed by atoms with Crippen LogP contribution in [0.2, 0.25) is 0 Å². The molecule has 0 radical (unpaired) electrons. The van der Waals surface area contributed by atoms with E-state index in [0.29, 0.717) is 6.04 Å². The molecule has 0 fully saturated rings. The molecule has 2 unspecified atom stereocenters. The molecular formula is C12H27NO. The summed E-state index contributed by atoms with van der Waals surface area (Å²) in [6.45, 7) is 7.54. The summed E-state index contributed by atoms with van der Waals surface area (Å²) in [6, 6.07) is 0.633. The summed E-state index contributed by atoms with van der Waals surface area (Å²) < 4.78 is 0. The number of rotatable bonds is 9. The summed E-state index contributed by atoms with van der Waals surface area (Å²) in [6.07, 6.45) is 6.67. The monoisotopic (exact) mass is 201 g/mol. The zero-order valence-corrected chi connectivity index (χ0v) is 10.1. The molecule has 2 atom stereocenters. The Morgan fingerprint density at radius 2 is 1.86 bits per heavy atom. The van der Waals surface area contributed by atoms with Gasteiger partial charge in [0, 0.05) is 6.04 Å². The lowest BCUT2D eigenvalue weighted by atomic mass is 10.1. The van der Waals surface area contributed by atoms with Gasteiger partial charge in [0.1, 0.15) is 0 Å². The van der Waals surface area contributed by atoms with Crippen LogP contribution in [0.25, 0.3) is 0 Å². The average Bonchev–Trinajstić information content (AvgIpc) is 2.21. The maximum Gasteiger partial charge on any atom is 0.0538 e. The number of aliphatic hydroxyl groups excluding tert-OH is 1. The Morgan fingerprint density at radius 3 is 2.43 bits per heavy atom. The highest BCUT2D eigenvalue weighted by Crippen LogP contribution is 2.02. The molecule has 0 saturated carbocycles. The Bertz CT molecular complexity index is 117. The minimum absolute atomic E-state index is 0.0947. The van der Waals surface area contributed by atoms with Crippen molar-refractivity contribution in [1.82, 2.24) is 5.32 Å². The van der Waals surface area contributed by atoms with Crippen LogP contribution in [0.5, 0.6) is 0 Å². The predicted octanol–water partition coefficient (Wildman–Crippen LogP) is 2.71. The van der Waals surface area contributed by atoms with E-state index in [4.69, 9.17) is 0 Å². The second-order valence-electron chi connectivity index (χ2n) is 4.20. The smallest absolute Gasteiger partial charge is 0.0538 e. The molecule has 86 valence electrons. The molecule has 0 aromatic carbocycles.